The van der Waals surface area contributed by atoms with Crippen molar-refractivity contribution in [1.82, 2.24) is 16.0 Å². The summed E-state index contributed by atoms with van der Waals surface area (Å²) in [4.78, 5) is 71.8. The summed E-state index contributed by atoms with van der Waals surface area (Å²) in [7, 11) is 0. The van der Waals surface area contributed by atoms with E-state index in [4.69, 9.17) is 22.3 Å². The molecule has 0 saturated heterocycles. The van der Waals surface area contributed by atoms with Crippen LogP contribution in [0.25, 0.3) is 0 Å². The summed E-state index contributed by atoms with van der Waals surface area (Å²) >= 11 is 0. The van der Waals surface area contributed by atoms with Gasteiger partial charge in [0.1, 0.15) is 18.1 Å². The molecule has 4 amide bonds. The van der Waals surface area contributed by atoms with Crippen LogP contribution in [0.1, 0.15) is 65.2 Å². The number of unbranched alkanes of at least 4 members (excludes halogenated alkanes) is 1. The standard InChI is InChI=1S/C22H40N6O8/c1-12(2)11-16(28-19(32)13(24)6-8-17(25)29)21(34)26-14(7-9-18(30)31)20(33)27-15(22(35)36)5-3-4-10-23/h12-16H,3-11,23-24H2,1-2H3,(H2,25,29)(H,26,34)(H,27,33)(H,28,32)(H,30,31)(H,35,36). The fourth-order valence-electron chi connectivity index (χ4n) is 3.24. The van der Waals surface area contributed by atoms with Crippen LogP contribution in [0.3, 0.4) is 0 Å². The maximum atomic E-state index is 13.0. The average molecular weight is 517 g/mol. The maximum Gasteiger partial charge on any atom is 0.326 e. The summed E-state index contributed by atoms with van der Waals surface area (Å²) in [6, 6.07) is -4.82. The first-order valence-corrected chi connectivity index (χ1v) is 11.9. The van der Waals surface area contributed by atoms with Crippen LogP contribution in [0.2, 0.25) is 0 Å². The molecule has 4 unspecified atom stereocenters. The zero-order chi connectivity index (χ0) is 27.8. The number of carbonyl (C=O) groups excluding carboxylic acids is 4. The number of nitrogens with one attached hydrogen (secondary N) is 3. The van der Waals surface area contributed by atoms with Gasteiger partial charge in [-0.25, -0.2) is 4.79 Å². The number of aliphatic carboxylic acids is 2. The normalized spacial score (nSPS) is 14.2. The summed E-state index contributed by atoms with van der Waals surface area (Å²) in [5.74, 6) is -5.52. The molecule has 0 aromatic rings. The summed E-state index contributed by atoms with van der Waals surface area (Å²) in [5, 5.41) is 25.7. The molecule has 206 valence electrons. The molecule has 0 rings (SSSR count). The van der Waals surface area contributed by atoms with Gasteiger partial charge in [-0.3, -0.25) is 24.0 Å². The van der Waals surface area contributed by atoms with E-state index in [0.29, 0.717) is 19.4 Å². The van der Waals surface area contributed by atoms with Crippen molar-refractivity contribution >= 4 is 35.6 Å². The zero-order valence-corrected chi connectivity index (χ0v) is 20.8. The third-order valence-electron chi connectivity index (χ3n) is 5.22. The van der Waals surface area contributed by atoms with Crippen molar-refractivity contribution in [2.75, 3.05) is 6.54 Å². The Morgan fingerprint density at radius 1 is 0.750 bits per heavy atom. The molecule has 0 aromatic heterocycles. The van der Waals surface area contributed by atoms with Gasteiger partial charge < -0.3 is 43.4 Å². The minimum Gasteiger partial charge on any atom is -0.481 e. The second-order valence-electron chi connectivity index (χ2n) is 8.98. The summed E-state index contributed by atoms with van der Waals surface area (Å²) in [6.07, 6.45) is 0.350. The molecule has 0 saturated carbocycles. The molecule has 11 N–H and O–H groups in total. The van der Waals surface area contributed by atoms with Crippen LogP contribution in [-0.4, -0.2) is 76.5 Å². The predicted octanol–water partition coefficient (Wildman–Crippen LogP) is -1.84. The van der Waals surface area contributed by atoms with Gasteiger partial charge in [0.25, 0.3) is 0 Å². The Morgan fingerprint density at radius 3 is 1.81 bits per heavy atom. The topological polar surface area (TPSA) is 257 Å². The lowest BCUT2D eigenvalue weighted by atomic mass is 10.0. The smallest absolute Gasteiger partial charge is 0.326 e. The SMILES string of the molecule is CC(C)CC(NC(=O)C(N)CCC(N)=O)C(=O)NC(CCC(=O)O)C(=O)NC(CCCCN)C(=O)O. The summed E-state index contributed by atoms with van der Waals surface area (Å²) in [6.45, 7) is 3.95. The highest BCUT2D eigenvalue weighted by Gasteiger charge is 2.31. The Labute approximate surface area is 210 Å². The van der Waals surface area contributed by atoms with Gasteiger partial charge >= 0.3 is 11.9 Å². The first kappa shape index (κ1) is 32.7. The summed E-state index contributed by atoms with van der Waals surface area (Å²) in [5.41, 5.74) is 16.2. The van der Waals surface area contributed by atoms with E-state index >= 15 is 0 Å². The molecule has 0 aliphatic heterocycles. The van der Waals surface area contributed by atoms with E-state index < -0.39 is 66.2 Å². The molecule has 14 nitrogen and oxygen atoms in total. The Bertz CT molecular complexity index is 776. The first-order valence-electron chi connectivity index (χ1n) is 11.9. The van der Waals surface area contributed by atoms with E-state index in [9.17, 15) is 33.9 Å². The fraction of sp³-hybridized carbons (Fsp3) is 0.727. The molecule has 0 bridgehead atoms. The Hall–Kier alpha value is -3.26. The second kappa shape index (κ2) is 17.2. The molecule has 0 heterocycles. The van der Waals surface area contributed by atoms with E-state index in [2.05, 4.69) is 16.0 Å². The first-order chi connectivity index (χ1) is 16.8. The molecule has 0 aliphatic carbocycles. The lowest BCUT2D eigenvalue weighted by molar-refractivity contribution is -0.143. The van der Waals surface area contributed by atoms with Crippen LogP contribution in [-0.2, 0) is 28.8 Å². The molecule has 0 radical (unpaired) electrons. The van der Waals surface area contributed by atoms with Crippen molar-refractivity contribution < 1.29 is 39.0 Å². The molecule has 4 atom stereocenters. The number of hydrogen-bond acceptors (Lipinski definition) is 8. The molecule has 14 heteroatoms. The highest BCUT2D eigenvalue weighted by Crippen LogP contribution is 2.09. The van der Waals surface area contributed by atoms with Gasteiger partial charge in [-0.15, -0.1) is 0 Å². The predicted molar refractivity (Wildman–Crippen MR) is 129 cm³/mol. The van der Waals surface area contributed by atoms with Crippen molar-refractivity contribution in [3.8, 4) is 0 Å². The van der Waals surface area contributed by atoms with E-state index in [1.807, 2.05) is 0 Å². The lowest BCUT2D eigenvalue weighted by Gasteiger charge is -2.26. The minimum absolute atomic E-state index is 0.0262. The quantitative estimate of drug-likeness (QED) is 0.0889. The van der Waals surface area contributed by atoms with Gasteiger partial charge in [-0.05, 0) is 51.0 Å². The van der Waals surface area contributed by atoms with Crippen molar-refractivity contribution in [3.05, 3.63) is 0 Å². The largest absolute Gasteiger partial charge is 0.481 e. The van der Waals surface area contributed by atoms with E-state index in [-0.39, 0.29) is 38.0 Å². The van der Waals surface area contributed by atoms with Gasteiger partial charge in [0, 0.05) is 12.8 Å². The highest BCUT2D eigenvalue weighted by molar-refractivity contribution is 5.94. The number of rotatable bonds is 19. The Kier molecular flexibility index (Phi) is 15.7. The van der Waals surface area contributed by atoms with Crippen molar-refractivity contribution in [3.63, 3.8) is 0 Å². The number of hydrogen-bond donors (Lipinski definition) is 8. The van der Waals surface area contributed by atoms with Gasteiger partial charge in [-0.2, -0.15) is 0 Å². The number of nitrogens with two attached hydrogens (primary N) is 3. The third kappa shape index (κ3) is 14.2. The van der Waals surface area contributed by atoms with E-state index in [0.717, 1.165) is 0 Å². The van der Waals surface area contributed by atoms with Crippen LogP contribution < -0.4 is 33.2 Å². The molecule has 0 spiro atoms. The van der Waals surface area contributed by atoms with Crippen LogP contribution in [0.15, 0.2) is 0 Å². The molecule has 0 aliphatic rings. The fourth-order valence-corrected chi connectivity index (χ4v) is 3.24. The van der Waals surface area contributed by atoms with Gasteiger partial charge in [0.15, 0.2) is 0 Å². The third-order valence-corrected chi connectivity index (χ3v) is 5.22. The molecule has 36 heavy (non-hydrogen) atoms. The van der Waals surface area contributed by atoms with Crippen LogP contribution in [0.4, 0.5) is 0 Å². The Morgan fingerprint density at radius 2 is 1.31 bits per heavy atom. The van der Waals surface area contributed by atoms with E-state index in [1.54, 1.807) is 13.8 Å². The number of amides is 4. The number of carboxylic acid groups (broad SMARTS) is 2. The zero-order valence-electron chi connectivity index (χ0n) is 20.8. The summed E-state index contributed by atoms with van der Waals surface area (Å²) < 4.78 is 0. The molecular weight excluding hydrogens is 476 g/mol. The van der Waals surface area contributed by atoms with Crippen molar-refractivity contribution in [2.45, 2.75) is 89.4 Å². The van der Waals surface area contributed by atoms with Crippen molar-refractivity contribution in [1.29, 1.82) is 0 Å². The maximum absolute atomic E-state index is 13.0. The number of carboxylic acids is 2. The number of primary amides is 1. The number of carbonyl (C=O) groups is 6. The van der Waals surface area contributed by atoms with Crippen LogP contribution in [0.5, 0.6) is 0 Å². The molecular formula is C22H40N6O8. The van der Waals surface area contributed by atoms with Gasteiger partial charge in [-0.1, -0.05) is 13.8 Å². The highest BCUT2D eigenvalue weighted by atomic mass is 16.4. The Balaban J connectivity index is 5.52. The molecule has 0 aromatic carbocycles. The van der Waals surface area contributed by atoms with E-state index in [1.165, 1.54) is 0 Å². The van der Waals surface area contributed by atoms with Gasteiger partial charge in [0.05, 0.1) is 6.04 Å². The minimum atomic E-state index is -1.36. The molecule has 0 fully saturated rings. The van der Waals surface area contributed by atoms with Crippen LogP contribution >= 0.6 is 0 Å². The van der Waals surface area contributed by atoms with Crippen molar-refractivity contribution in [2.24, 2.45) is 23.1 Å². The van der Waals surface area contributed by atoms with Gasteiger partial charge in [0.2, 0.25) is 23.6 Å². The monoisotopic (exact) mass is 516 g/mol. The average Bonchev–Trinajstić information content (AvgIpc) is 2.78. The van der Waals surface area contributed by atoms with Crippen LogP contribution in [0, 0.1) is 5.92 Å². The second-order valence-corrected chi connectivity index (χ2v) is 8.98. The lowest BCUT2D eigenvalue weighted by Crippen LogP contribution is -2.57.